The Balaban J connectivity index is 1.53. The topological polar surface area (TPSA) is 250 Å². The average molecular weight is 1690 g/mol. The van der Waals surface area contributed by atoms with E-state index in [1.807, 2.05) is 0 Å². The molecule has 2 N–H and O–H groups in total. The monoisotopic (exact) mass is 1680 g/mol. The van der Waals surface area contributed by atoms with Crippen LogP contribution >= 0.6 is 119 Å². The predicted octanol–water partition coefficient (Wildman–Crippen LogP) is 16.6. The van der Waals surface area contributed by atoms with Gasteiger partial charge in [0.05, 0.1) is 0 Å². The summed E-state index contributed by atoms with van der Waals surface area (Å²) < 4.78 is 83.2. The van der Waals surface area contributed by atoms with Gasteiger partial charge < -0.3 is 0 Å². The van der Waals surface area contributed by atoms with Crippen LogP contribution in [0.1, 0.15) is 41.5 Å². The van der Waals surface area contributed by atoms with Crippen molar-refractivity contribution in [1.29, 1.82) is 0 Å². The van der Waals surface area contributed by atoms with Crippen LogP contribution in [0.3, 0.4) is 0 Å². The van der Waals surface area contributed by atoms with Crippen LogP contribution in [0.2, 0.25) is 0 Å². The quantitative estimate of drug-likeness (QED) is 0.0184. The van der Waals surface area contributed by atoms with Gasteiger partial charge in [-0.3, -0.25) is 0 Å². The van der Waals surface area contributed by atoms with Crippen molar-refractivity contribution in [2.24, 2.45) is 40.0 Å². The summed E-state index contributed by atoms with van der Waals surface area (Å²) >= 11 is 20.0. The van der Waals surface area contributed by atoms with Gasteiger partial charge in [-0.05, 0) is 0 Å². The van der Waals surface area contributed by atoms with Gasteiger partial charge in [-0.1, -0.05) is 0 Å². The molecule has 0 fully saturated rings. The molecule has 0 spiro atoms. The zero-order chi connectivity index (χ0) is 65.3. The van der Waals surface area contributed by atoms with Gasteiger partial charge >= 0.3 is 577 Å². The number of alkyl halides is 6. The molecule has 90 heavy (non-hydrogen) atoms. The Morgan fingerprint density at radius 3 is 0.667 bits per heavy atom. The van der Waals surface area contributed by atoms with Gasteiger partial charge in [0.1, 0.15) is 0 Å². The Hall–Kier alpha value is -5.30. The van der Waals surface area contributed by atoms with E-state index in [1.54, 1.807) is 41.5 Å². The molecular formula is C60H62Br6N3O18P3. The van der Waals surface area contributed by atoms with Gasteiger partial charge in [-0.2, -0.15) is 0 Å². The summed E-state index contributed by atoms with van der Waals surface area (Å²) in [7, 11) is -12.4. The third kappa shape index (κ3) is 19.4. The average Bonchev–Trinajstić information content (AvgIpc) is 0.690. The van der Waals surface area contributed by atoms with E-state index in [0.29, 0.717) is 32.0 Å². The van der Waals surface area contributed by atoms with Gasteiger partial charge in [-0.25, -0.2) is 0 Å². The molecule has 482 valence electrons. The summed E-state index contributed by atoms with van der Waals surface area (Å²) in [6, 6.07) is 35.5. The van der Waals surface area contributed by atoms with Crippen LogP contribution in [0.15, 0.2) is 150 Å². The number of hydrogen-bond acceptors (Lipinski definition) is 21. The molecule has 1 aliphatic rings. The van der Waals surface area contributed by atoms with Gasteiger partial charge in [0.25, 0.3) is 0 Å². The van der Waals surface area contributed by atoms with E-state index in [0.717, 1.165) is 0 Å². The first-order valence-electron chi connectivity index (χ1n) is 27.5. The molecule has 6 atom stereocenters. The Labute approximate surface area is 572 Å². The van der Waals surface area contributed by atoms with E-state index in [-0.39, 0.29) is 77.5 Å². The molecular weight excluding hydrogens is 1620 g/mol. The molecule has 0 saturated carbocycles. The summed E-state index contributed by atoms with van der Waals surface area (Å²) in [5.74, 6) is -5.30. The Morgan fingerprint density at radius 2 is 0.489 bits per heavy atom. The number of nitrogens with zero attached hydrogens (tertiary/aromatic N) is 1. The number of nitrogens with one attached hydrogen (secondary N) is 2. The van der Waals surface area contributed by atoms with Crippen molar-refractivity contribution in [1.82, 2.24) is 9.72 Å². The maximum absolute atomic E-state index is 13.1. The Kier molecular flexibility index (Phi) is 26.1. The van der Waals surface area contributed by atoms with Crippen molar-refractivity contribution in [2.45, 2.75) is 41.5 Å². The van der Waals surface area contributed by atoms with Crippen LogP contribution in [-0.2, 0) is 28.8 Å². The van der Waals surface area contributed by atoms with Gasteiger partial charge in [-0.15, -0.1) is 0 Å². The van der Waals surface area contributed by atoms with Crippen LogP contribution in [0, 0.1) is 35.5 Å². The first-order valence-corrected chi connectivity index (χ1v) is 39.0. The van der Waals surface area contributed by atoms with Gasteiger partial charge in [0.2, 0.25) is 0 Å². The van der Waals surface area contributed by atoms with E-state index in [4.69, 9.17) is 60.1 Å². The molecule has 6 aromatic carbocycles. The SMILES string of the molecule is CC(CBr)C(=O)Oc1ccc(OP2(Oc3ccc(OC(=O)C(C)CBr)cc3)(Oc3ccc(OC(=O)C(C)CBr)cc3)N=PNP(Oc3ccc(OC(=O)C(C)CBr)cc3)(Oc3ccc(OC(=O)C(C)CBr)cc3)(Oc3ccc(OC(=O)C(C)CBr)cc3)N2)cc1. The molecule has 0 bridgehead atoms. The van der Waals surface area contributed by atoms with E-state index in [9.17, 15) is 28.8 Å². The first-order chi connectivity index (χ1) is 42.9. The Bertz CT molecular complexity index is 3150. The molecule has 7 rings (SSSR count). The standard InChI is InChI=1S/C60H62Br6N3O18P3/c1-37(31-61)55(70)76-43-7-19-49(20-8-43)82-89(83-50-21-9-44(10-22-50)77-56(71)38(2)32-62,84-51-23-11-45(12-24-51)78-57(72)39(3)33-63)67-88-68-90(69-89,85-52-25-13-46(14-26-52)79-58(73)40(4)34-64,86-53-27-15-47(16-28-53)80-59(74)41(5)35-65)87-54-29-17-48(18-30-54)81-60(75)42(6)36-66/h7-30,37-42,69H,31-36H2,1-6H3,(H,67,68). The summed E-state index contributed by atoms with van der Waals surface area (Å²) in [6.07, 6.45) is 0. The van der Waals surface area contributed by atoms with Crippen molar-refractivity contribution < 1.29 is 84.3 Å². The van der Waals surface area contributed by atoms with Crippen molar-refractivity contribution in [3.8, 4) is 69.0 Å². The van der Waals surface area contributed by atoms with Crippen LogP contribution in [0.25, 0.3) is 0 Å². The molecule has 0 saturated heterocycles. The van der Waals surface area contributed by atoms with Crippen LogP contribution < -0.4 is 65.3 Å². The molecule has 6 aromatic rings. The normalized spacial score (nSPS) is 17.2. The van der Waals surface area contributed by atoms with Crippen molar-refractivity contribution in [3.05, 3.63) is 146 Å². The number of hydrogen-bond donors (Lipinski definition) is 2. The molecule has 0 aliphatic carbocycles. The fraction of sp³-hybridized carbons (Fsp3) is 0.300. The van der Waals surface area contributed by atoms with Crippen molar-refractivity contribution >= 4 is 155 Å². The molecule has 6 unspecified atom stereocenters. The van der Waals surface area contributed by atoms with E-state index >= 15 is 0 Å². The van der Waals surface area contributed by atoms with Crippen LogP contribution in [0.4, 0.5) is 0 Å². The second kappa shape index (κ2) is 32.5. The third-order valence-corrected chi connectivity index (χ3v) is 27.5. The number of benzene rings is 6. The molecule has 0 amide bonds. The molecule has 1 heterocycles. The summed E-state index contributed by atoms with van der Waals surface area (Å²) in [4.78, 5) is 85.1. The number of carbonyl (C=O) groups is 6. The van der Waals surface area contributed by atoms with Crippen LogP contribution in [0.5, 0.6) is 69.0 Å². The van der Waals surface area contributed by atoms with E-state index in [1.165, 1.54) is 146 Å². The van der Waals surface area contributed by atoms with Crippen molar-refractivity contribution in [2.75, 3.05) is 32.0 Å². The zero-order valence-electron chi connectivity index (χ0n) is 49.0. The third-order valence-electron chi connectivity index (χ3n) is 12.4. The van der Waals surface area contributed by atoms with Gasteiger partial charge in [0.15, 0.2) is 0 Å². The minimum absolute atomic E-state index is 0.00466. The molecule has 30 heteroatoms. The molecule has 0 radical (unpaired) electrons. The second-order valence-electron chi connectivity index (χ2n) is 20.3. The maximum atomic E-state index is 13.1. The summed E-state index contributed by atoms with van der Waals surface area (Å²) in [5.41, 5.74) is 0. The van der Waals surface area contributed by atoms with E-state index in [2.05, 4.69) is 105 Å². The number of carbonyl (C=O) groups excluding carboxylic acids is 6. The Morgan fingerprint density at radius 1 is 0.322 bits per heavy atom. The van der Waals surface area contributed by atoms with E-state index < -0.39 is 86.5 Å². The molecule has 1 aliphatic heterocycles. The fourth-order valence-electron chi connectivity index (χ4n) is 7.08. The fourth-order valence-corrected chi connectivity index (χ4v) is 19.0. The molecule has 21 nitrogen and oxygen atoms in total. The van der Waals surface area contributed by atoms with Crippen LogP contribution in [-0.4, -0.2) is 67.8 Å². The number of rotatable bonds is 30. The summed E-state index contributed by atoms with van der Waals surface area (Å²) in [6.45, 7) is 10.2. The first kappa shape index (κ1) is 72.1. The zero-order valence-corrected chi connectivity index (χ0v) is 61.2. The number of halogens is 6. The summed E-state index contributed by atoms with van der Waals surface area (Å²) in [5, 5.41) is 2.03. The second-order valence-corrected chi connectivity index (χ2v) is 31.3. The minimum atomic E-state index is -6.13. The van der Waals surface area contributed by atoms with Crippen molar-refractivity contribution in [3.63, 3.8) is 0 Å². The van der Waals surface area contributed by atoms with Gasteiger partial charge in [0, 0.05) is 0 Å². The number of ether oxygens (including phenoxy) is 6. The molecule has 0 aromatic heterocycles. The number of esters is 6. The predicted molar refractivity (Wildman–Crippen MR) is 363 cm³/mol.